The van der Waals surface area contributed by atoms with Gasteiger partial charge in [0.2, 0.25) is 5.82 Å². The number of hydrogen-bond acceptors (Lipinski definition) is 7. The Bertz CT molecular complexity index is 892. The average Bonchev–Trinajstić information content (AvgIpc) is 3.15. The van der Waals surface area contributed by atoms with Crippen LogP contribution in [0.1, 0.15) is 43.3 Å². The van der Waals surface area contributed by atoms with Crippen LogP contribution in [0.5, 0.6) is 0 Å². The molecule has 0 saturated heterocycles. The van der Waals surface area contributed by atoms with Crippen molar-refractivity contribution in [1.29, 1.82) is 0 Å². The molecule has 0 fully saturated rings. The molecule has 3 rings (SSSR count). The number of tetrazole rings is 1. The van der Waals surface area contributed by atoms with E-state index in [1.54, 1.807) is 11.7 Å². The van der Waals surface area contributed by atoms with Crippen LogP contribution in [0.4, 0.5) is 5.82 Å². The summed E-state index contributed by atoms with van der Waals surface area (Å²) in [6, 6.07) is 15.5. The van der Waals surface area contributed by atoms with Crippen molar-refractivity contribution in [1.82, 2.24) is 25.2 Å². The van der Waals surface area contributed by atoms with Gasteiger partial charge >= 0.3 is 0 Å². The summed E-state index contributed by atoms with van der Waals surface area (Å²) in [5.74, 6) is 1.38. The Morgan fingerprint density at radius 3 is 2.71 bits per heavy atom. The minimum absolute atomic E-state index is 0.256. The minimum Gasteiger partial charge on any atom is -0.389 e. The minimum atomic E-state index is 0.256. The summed E-state index contributed by atoms with van der Waals surface area (Å²) in [4.78, 5) is 10.2. The molecule has 28 heavy (non-hydrogen) atoms. The third-order valence-corrected chi connectivity index (χ3v) is 4.14. The quantitative estimate of drug-likeness (QED) is 0.331. The lowest BCUT2D eigenvalue weighted by Crippen LogP contribution is -2.12. The van der Waals surface area contributed by atoms with Crippen LogP contribution in [0.3, 0.4) is 0 Å². The third-order valence-electron chi connectivity index (χ3n) is 4.14. The van der Waals surface area contributed by atoms with E-state index in [0.29, 0.717) is 11.5 Å². The van der Waals surface area contributed by atoms with Crippen molar-refractivity contribution >= 4 is 11.5 Å². The summed E-state index contributed by atoms with van der Waals surface area (Å²) < 4.78 is 1.56. The summed E-state index contributed by atoms with van der Waals surface area (Å²) in [5.41, 5.74) is 2.24. The van der Waals surface area contributed by atoms with E-state index in [9.17, 15) is 0 Å². The molecule has 0 atom stereocenters. The second-order valence-electron chi connectivity index (χ2n) is 6.35. The average molecular weight is 379 g/mol. The van der Waals surface area contributed by atoms with Crippen molar-refractivity contribution in [3.05, 3.63) is 65.6 Å². The second-order valence-corrected chi connectivity index (χ2v) is 6.35. The van der Waals surface area contributed by atoms with Gasteiger partial charge in [0.15, 0.2) is 12.3 Å². The molecule has 0 bridgehead atoms. The monoisotopic (exact) mass is 379 g/mol. The topological polar surface area (TPSA) is 90.1 Å². The number of aromatic nitrogens is 5. The molecule has 0 spiro atoms. The highest BCUT2D eigenvalue weighted by Crippen LogP contribution is 2.10. The molecule has 0 amide bonds. The highest BCUT2D eigenvalue weighted by atomic mass is 16.6. The first kappa shape index (κ1) is 19.5. The van der Waals surface area contributed by atoms with Gasteiger partial charge in [0.25, 0.3) is 0 Å². The van der Waals surface area contributed by atoms with Crippen LogP contribution < -0.4 is 5.32 Å². The number of benzene rings is 1. The maximum atomic E-state index is 5.60. The van der Waals surface area contributed by atoms with Crippen LogP contribution in [-0.2, 0) is 18.5 Å². The van der Waals surface area contributed by atoms with Crippen molar-refractivity contribution in [3.63, 3.8) is 0 Å². The number of pyridine rings is 1. The number of nitrogens with zero attached hydrogens (tertiary/aromatic N) is 6. The van der Waals surface area contributed by atoms with Crippen molar-refractivity contribution < 1.29 is 4.84 Å². The van der Waals surface area contributed by atoms with Crippen LogP contribution in [-0.4, -0.2) is 37.4 Å². The maximum absolute atomic E-state index is 5.60. The number of unbranched alkanes of at least 4 members (excludes halogenated alkanes) is 2. The van der Waals surface area contributed by atoms with Gasteiger partial charge in [0.05, 0.1) is 5.69 Å². The SMILES string of the molecule is CCCCCNc1cccc(CON=C(c2ccccc2)c2nnnn2C)n1. The predicted octanol–water partition coefficient (Wildman–Crippen LogP) is 3.18. The van der Waals surface area contributed by atoms with Gasteiger partial charge in [-0.2, -0.15) is 0 Å². The lowest BCUT2D eigenvalue weighted by molar-refractivity contribution is 0.128. The van der Waals surface area contributed by atoms with E-state index < -0.39 is 0 Å². The van der Waals surface area contributed by atoms with Crippen molar-refractivity contribution in [2.24, 2.45) is 12.2 Å². The maximum Gasteiger partial charge on any atom is 0.204 e. The zero-order valence-electron chi connectivity index (χ0n) is 16.2. The van der Waals surface area contributed by atoms with Crippen molar-refractivity contribution in [3.8, 4) is 0 Å². The molecular formula is C20H25N7O. The Hall–Kier alpha value is -3.29. The fourth-order valence-corrected chi connectivity index (χ4v) is 2.66. The first-order valence-electron chi connectivity index (χ1n) is 9.46. The Balaban J connectivity index is 1.68. The van der Waals surface area contributed by atoms with Gasteiger partial charge in [-0.1, -0.05) is 61.3 Å². The number of nitrogens with one attached hydrogen (secondary N) is 1. The number of aryl methyl sites for hydroxylation is 1. The van der Waals surface area contributed by atoms with Crippen LogP contribution in [0.25, 0.3) is 0 Å². The van der Waals surface area contributed by atoms with E-state index in [4.69, 9.17) is 4.84 Å². The van der Waals surface area contributed by atoms with Gasteiger partial charge < -0.3 is 10.2 Å². The molecule has 0 aliphatic carbocycles. The van der Waals surface area contributed by atoms with Crippen LogP contribution in [0, 0.1) is 0 Å². The Morgan fingerprint density at radius 2 is 1.96 bits per heavy atom. The summed E-state index contributed by atoms with van der Waals surface area (Å²) >= 11 is 0. The highest BCUT2D eigenvalue weighted by molar-refractivity contribution is 6.10. The van der Waals surface area contributed by atoms with Gasteiger partial charge in [-0.15, -0.1) is 5.10 Å². The molecule has 2 heterocycles. The number of rotatable bonds is 10. The molecule has 8 heteroatoms. The third kappa shape index (κ3) is 5.35. The van der Waals surface area contributed by atoms with Gasteiger partial charge in [-0.25, -0.2) is 9.67 Å². The first-order valence-corrected chi connectivity index (χ1v) is 9.46. The van der Waals surface area contributed by atoms with Gasteiger partial charge in [-0.3, -0.25) is 0 Å². The zero-order chi connectivity index (χ0) is 19.6. The largest absolute Gasteiger partial charge is 0.389 e. The summed E-state index contributed by atoms with van der Waals surface area (Å²) in [7, 11) is 1.77. The lowest BCUT2D eigenvalue weighted by Gasteiger charge is -2.08. The van der Waals surface area contributed by atoms with Crippen LogP contribution in [0.2, 0.25) is 0 Å². The molecule has 8 nitrogen and oxygen atoms in total. The first-order chi connectivity index (χ1) is 13.8. The number of anilines is 1. The smallest absolute Gasteiger partial charge is 0.204 e. The normalized spacial score (nSPS) is 11.4. The van der Waals surface area contributed by atoms with Crippen LogP contribution >= 0.6 is 0 Å². The van der Waals surface area contributed by atoms with Gasteiger partial charge in [0, 0.05) is 19.2 Å². The molecule has 1 aromatic carbocycles. The molecule has 1 N–H and O–H groups in total. The zero-order valence-corrected chi connectivity index (χ0v) is 16.2. The second kappa shape index (κ2) is 10.1. The predicted molar refractivity (Wildman–Crippen MR) is 108 cm³/mol. The van der Waals surface area contributed by atoms with Crippen molar-refractivity contribution in [2.45, 2.75) is 32.8 Å². The Kier molecular flexibility index (Phi) is 7.06. The molecule has 0 aliphatic rings. The van der Waals surface area contributed by atoms with Gasteiger partial charge in [0.1, 0.15) is 5.82 Å². The van der Waals surface area contributed by atoms with E-state index in [0.717, 1.165) is 30.0 Å². The van der Waals surface area contributed by atoms with E-state index in [1.165, 1.54) is 12.8 Å². The van der Waals surface area contributed by atoms with E-state index in [-0.39, 0.29) is 6.61 Å². The van der Waals surface area contributed by atoms with Crippen LogP contribution in [0.15, 0.2) is 53.7 Å². The summed E-state index contributed by atoms with van der Waals surface area (Å²) in [6.07, 6.45) is 3.55. The van der Waals surface area contributed by atoms with Crippen molar-refractivity contribution in [2.75, 3.05) is 11.9 Å². The lowest BCUT2D eigenvalue weighted by atomic mass is 10.1. The Morgan fingerprint density at radius 1 is 1.11 bits per heavy atom. The number of oxime groups is 1. The van der Waals surface area contributed by atoms with E-state index in [2.05, 4.69) is 37.9 Å². The van der Waals surface area contributed by atoms with E-state index >= 15 is 0 Å². The highest BCUT2D eigenvalue weighted by Gasteiger charge is 2.14. The molecule has 0 aliphatic heterocycles. The fourth-order valence-electron chi connectivity index (χ4n) is 2.66. The van der Waals surface area contributed by atoms with E-state index in [1.807, 2.05) is 48.5 Å². The molecule has 2 aromatic heterocycles. The molecule has 0 radical (unpaired) electrons. The summed E-state index contributed by atoms with van der Waals surface area (Å²) in [5, 5.41) is 19.3. The molecule has 0 saturated carbocycles. The summed E-state index contributed by atoms with van der Waals surface area (Å²) in [6.45, 7) is 3.37. The Labute approximate surface area is 164 Å². The molecule has 3 aromatic rings. The standard InChI is InChI=1S/C20H25N7O/c1-3-4-8-14-21-18-13-9-12-17(22-18)15-28-24-19(16-10-6-5-7-11-16)20-23-25-26-27(20)2/h5-7,9-13H,3-4,8,14-15H2,1-2H3,(H,21,22). The molecule has 146 valence electrons. The number of hydrogen-bond donors (Lipinski definition) is 1. The molecule has 0 unspecified atom stereocenters. The molecular weight excluding hydrogens is 354 g/mol. The fraction of sp³-hybridized carbons (Fsp3) is 0.350. The van der Waals surface area contributed by atoms with Gasteiger partial charge in [-0.05, 0) is 29.0 Å².